The van der Waals surface area contributed by atoms with Gasteiger partial charge in [0.05, 0.1) is 0 Å². The van der Waals surface area contributed by atoms with Crippen molar-refractivity contribution in [1.29, 1.82) is 0 Å². The number of carbonyl (C=O) groups is 1. The smallest absolute Gasteiger partial charge is 0.299 e. The molecule has 122 valence electrons. The zero-order chi connectivity index (χ0) is 16.5. The molecule has 3 heterocycles. The minimum atomic E-state index is -0.291. The lowest BCUT2D eigenvalue weighted by Gasteiger charge is -2.21. The molecule has 1 atom stereocenters. The lowest BCUT2D eigenvalue weighted by molar-refractivity contribution is -0.117. The van der Waals surface area contributed by atoms with E-state index in [1.165, 1.54) is 0 Å². The summed E-state index contributed by atoms with van der Waals surface area (Å²) in [5, 5.41) is 2.88. The number of oxazole rings is 1. The average molecular weight is 322 g/mol. The Bertz CT molecular complexity index is 839. The molecular formula is C18H18N4O2. The summed E-state index contributed by atoms with van der Waals surface area (Å²) in [6.45, 7) is 2.72. The molecule has 1 unspecified atom stereocenters. The largest absolute Gasteiger partial charge is 0.423 e. The summed E-state index contributed by atoms with van der Waals surface area (Å²) in [6.07, 6.45) is 3.44. The molecule has 0 spiro atoms. The molecule has 24 heavy (non-hydrogen) atoms. The summed E-state index contributed by atoms with van der Waals surface area (Å²) in [6, 6.07) is 11.6. The summed E-state index contributed by atoms with van der Waals surface area (Å²) in [5.41, 5.74) is 2.60. The number of nitrogens with one attached hydrogen (secondary N) is 1. The first-order valence-corrected chi connectivity index (χ1v) is 8.06. The summed E-state index contributed by atoms with van der Waals surface area (Å²) < 4.78 is 5.82. The maximum absolute atomic E-state index is 12.6. The Balaban J connectivity index is 1.55. The first-order valence-electron chi connectivity index (χ1n) is 8.06. The van der Waals surface area contributed by atoms with Crippen LogP contribution in [-0.4, -0.2) is 28.5 Å². The van der Waals surface area contributed by atoms with Gasteiger partial charge in [0.15, 0.2) is 5.58 Å². The van der Waals surface area contributed by atoms with Crippen LogP contribution in [-0.2, 0) is 4.79 Å². The van der Waals surface area contributed by atoms with E-state index in [2.05, 4.69) is 15.3 Å². The van der Waals surface area contributed by atoms with E-state index in [-0.39, 0.29) is 11.9 Å². The van der Waals surface area contributed by atoms with Gasteiger partial charge in [-0.05, 0) is 43.5 Å². The number of aromatic nitrogens is 2. The van der Waals surface area contributed by atoms with Crippen molar-refractivity contribution in [2.75, 3.05) is 16.8 Å². The van der Waals surface area contributed by atoms with Crippen LogP contribution in [0.3, 0.4) is 0 Å². The summed E-state index contributed by atoms with van der Waals surface area (Å²) in [7, 11) is 0. The molecule has 1 amide bonds. The molecule has 1 N–H and O–H groups in total. The number of hydrogen-bond donors (Lipinski definition) is 1. The fraction of sp³-hybridized carbons (Fsp3) is 0.278. The van der Waals surface area contributed by atoms with Gasteiger partial charge in [0.1, 0.15) is 17.4 Å². The monoisotopic (exact) mass is 322 g/mol. The number of pyridine rings is 1. The van der Waals surface area contributed by atoms with Crippen LogP contribution >= 0.6 is 0 Å². The van der Waals surface area contributed by atoms with Gasteiger partial charge in [-0.25, -0.2) is 4.98 Å². The van der Waals surface area contributed by atoms with Gasteiger partial charge in [-0.3, -0.25) is 4.79 Å². The summed E-state index contributed by atoms with van der Waals surface area (Å²) in [5.74, 6) is 0.487. The van der Waals surface area contributed by atoms with Gasteiger partial charge in [-0.2, -0.15) is 4.98 Å². The minimum Gasteiger partial charge on any atom is -0.423 e. The molecule has 1 aliphatic heterocycles. The van der Waals surface area contributed by atoms with E-state index >= 15 is 0 Å². The van der Waals surface area contributed by atoms with Gasteiger partial charge in [0, 0.05) is 12.7 Å². The quantitative estimate of drug-likeness (QED) is 0.802. The molecule has 1 fully saturated rings. The number of rotatable bonds is 3. The Labute approximate surface area is 139 Å². The van der Waals surface area contributed by atoms with E-state index in [0.717, 1.165) is 36.0 Å². The highest BCUT2D eigenvalue weighted by Gasteiger charge is 2.34. The second-order valence-electron chi connectivity index (χ2n) is 6.03. The highest BCUT2D eigenvalue weighted by Crippen LogP contribution is 2.28. The molecule has 2 aromatic heterocycles. The van der Waals surface area contributed by atoms with Gasteiger partial charge in [-0.15, -0.1) is 0 Å². The SMILES string of the molecule is Cc1ccc(NC(=O)C2CCCN2c2nc3ccccc3o2)nc1. The van der Waals surface area contributed by atoms with E-state index in [4.69, 9.17) is 4.42 Å². The zero-order valence-electron chi connectivity index (χ0n) is 13.4. The Morgan fingerprint density at radius 2 is 2.17 bits per heavy atom. The van der Waals surface area contributed by atoms with Gasteiger partial charge in [0.2, 0.25) is 5.91 Å². The molecule has 1 aromatic carbocycles. The van der Waals surface area contributed by atoms with E-state index < -0.39 is 0 Å². The van der Waals surface area contributed by atoms with Gasteiger partial charge in [-0.1, -0.05) is 18.2 Å². The fourth-order valence-electron chi connectivity index (χ4n) is 3.00. The van der Waals surface area contributed by atoms with Crippen LogP contribution in [0.5, 0.6) is 0 Å². The first kappa shape index (κ1) is 14.7. The second-order valence-corrected chi connectivity index (χ2v) is 6.03. The zero-order valence-corrected chi connectivity index (χ0v) is 13.4. The average Bonchev–Trinajstić information content (AvgIpc) is 3.23. The molecule has 0 saturated carbocycles. The van der Waals surface area contributed by atoms with Gasteiger partial charge >= 0.3 is 0 Å². The third-order valence-corrected chi connectivity index (χ3v) is 4.25. The Hall–Kier alpha value is -2.89. The van der Waals surface area contributed by atoms with Crippen LogP contribution in [0.1, 0.15) is 18.4 Å². The summed E-state index contributed by atoms with van der Waals surface area (Å²) in [4.78, 5) is 23.3. The predicted molar refractivity (Wildman–Crippen MR) is 92.0 cm³/mol. The van der Waals surface area contributed by atoms with Crippen molar-refractivity contribution in [2.24, 2.45) is 0 Å². The van der Waals surface area contributed by atoms with E-state index in [1.54, 1.807) is 6.20 Å². The van der Waals surface area contributed by atoms with Crippen molar-refractivity contribution in [3.05, 3.63) is 48.2 Å². The van der Waals surface area contributed by atoms with Crippen LogP contribution < -0.4 is 10.2 Å². The van der Waals surface area contributed by atoms with Crippen molar-refractivity contribution >= 4 is 28.8 Å². The Morgan fingerprint density at radius 3 is 2.96 bits per heavy atom. The third kappa shape index (κ3) is 2.71. The number of fused-ring (bicyclic) bond motifs is 1. The minimum absolute atomic E-state index is 0.0777. The van der Waals surface area contributed by atoms with Crippen molar-refractivity contribution in [3.8, 4) is 0 Å². The maximum Gasteiger partial charge on any atom is 0.299 e. The molecule has 1 saturated heterocycles. The van der Waals surface area contributed by atoms with Crippen LogP contribution in [0.15, 0.2) is 47.0 Å². The van der Waals surface area contributed by atoms with Crippen LogP contribution in [0.4, 0.5) is 11.8 Å². The third-order valence-electron chi connectivity index (χ3n) is 4.25. The van der Waals surface area contributed by atoms with Crippen LogP contribution in [0, 0.1) is 6.92 Å². The van der Waals surface area contributed by atoms with E-state index in [1.807, 2.05) is 48.2 Å². The number of amides is 1. The summed E-state index contributed by atoms with van der Waals surface area (Å²) >= 11 is 0. The number of benzene rings is 1. The highest BCUT2D eigenvalue weighted by atomic mass is 16.4. The van der Waals surface area contributed by atoms with Crippen LogP contribution in [0.2, 0.25) is 0 Å². The molecular weight excluding hydrogens is 304 g/mol. The topological polar surface area (TPSA) is 71.3 Å². The second kappa shape index (κ2) is 5.96. The lowest BCUT2D eigenvalue weighted by atomic mass is 10.2. The van der Waals surface area contributed by atoms with Crippen molar-refractivity contribution in [2.45, 2.75) is 25.8 Å². The van der Waals surface area contributed by atoms with E-state index in [9.17, 15) is 4.79 Å². The number of carbonyl (C=O) groups excluding carboxylic acids is 1. The van der Waals surface area contributed by atoms with Crippen LogP contribution in [0.25, 0.3) is 11.1 Å². The maximum atomic E-state index is 12.6. The molecule has 1 aliphatic rings. The lowest BCUT2D eigenvalue weighted by Crippen LogP contribution is -2.40. The normalized spacial score (nSPS) is 17.4. The van der Waals surface area contributed by atoms with Crippen molar-refractivity contribution in [1.82, 2.24) is 9.97 Å². The number of anilines is 2. The van der Waals surface area contributed by atoms with Gasteiger partial charge < -0.3 is 14.6 Å². The van der Waals surface area contributed by atoms with E-state index in [0.29, 0.717) is 11.8 Å². The number of nitrogens with zero attached hydrogens (tertiary/aromatic N) is 3. The number of aryl methyl sites for hydroxylation is 1. The molecule has 6 heteroatoms. The highest BCUT2D eigenvalue weighted by molar-refractivity contribution is 5.96. The molecule has 6 nitrogen and oxygen atoms in total. The Kier molecular flexibility index (Phi) is 3.65. The predicted octanol–water partition coefficient (Wildman–Crippen LogP) is 3.14. The van der Waals surface area contributed by atoms with Gasteiger partial charge in [0.25, 0.3) is 6.01 Å². The molecule has 3 aromatic rings. The van der Waals surface area contributed by atoms with Crippen molar-refractivity contribution < 1.29 is 9.21 Å². The number of hydrogen-bond acceptors (Lipinski definition) is 5. The molecule has 4 rings (SSSR count). The standard InChI is InChI=1S/C18H18N4O2/c1-12-8-9-16(19-11-12)21-17(23)14-6-4-10-22(14)18-20-13-5-2-3-7-15(13)24-18/h2-3,5,7-9,11,14H,4,6,10H2,1H3,(H,19,21,23). The molecule has 0 bridgehead atoms. The molecule has 0 radical (unpaired) electrons. The number of para-hydroxylation sites is 2. The fourth-order valence-corrected chi connectivity index (χ4v) is 3.00. The van der Waals surface area contributed by atoms with Crippen molar-refractivity contribution in [3.63, 3.8) is 0 Å². The first-order chi connectivity index (χ1) is 11.7. The Morgan fingerprint density at radius 1 is 1.29 bits per heavy atom. The molecule has 0 aliphatic carbocycles.